The fraction of sp³-hybridized carbons (Fsp3) is 0.789. The molecular formula is C19H30N4O3. The topological polar surface area (TPSA) is 82.0 Å². The zero-order valence-electron chi connectivity index (χ0n) is 15.8. The second-order valence-corrected chi connectivity index (χ2v) is 7.95. The maximum Gasteiger partial charge on any atom is 0.227 e. The minimum Gasteiger partial charge on any atom is -0.390 e. The van der Waals surface area contributed by atoms with Crippen LogP contribution in [-0.2, 0) is 4.74 Å². The summed E-state index contributed by atoms with van der Waals surface area (Å²) in [5.74, 6) is 1.84. The van der Waals surface area contributed by atoms with Gasteiger partial charge in [-0.3, -0.25) is 0 Å². The van der Waals surface area contributed by atoms with E-state index in [-0.39, 0.29) is 0 Å². The second kappa shape index (κ2) is 6.94. The molecule has 0 aliphatic carbocycles. The molecule has 0 unspecified atom stereocenters. The van der Waals surface area contributed by atoms with Crippen LogP contribution in [0.3, 0.4) is 0 Å². The number of anilines is 2. The number of ether oxygens (including phenoxy) is 1. The molecule has 2 N–H and O–H groups in total. The number of aliphatic hydroxyl groups is 2. The van der Waals surface area contributed by atoms with Gasteiger partial charge >= 0.3 is 0 Å². The minimum atomic E-state index is -0.799. The molecule has 26 heavy (non-hydrogen) atoms. The van der Waals surface area contributed by atoms with Gasteiger partial charge in [-0.2, -0.15) is 4.98 Å². The van der Waals surface area contributed by atoms with Crippen molar-refractivity contribution >= 4 is 11.8 Å². The fourth-order valence-corrected chi connectivity index (χ4v) is 4.48. The van der Waals surface area contributed by atoms with Crippen LogP contribution in [0.4, 0.5) is 11.8 Å². The lowest BCUT2D eigenvalue weighted by atomic mass is 9.80. The summed E-state index contributed by atoms with van der Waals surface area (Å²) >= 11 is 0. The molecule has 3 aliphatic rings. The summed E-state index contributed by atoms with van der Waals surface area (Å²) < 4.78 is 5.95. The normalized spacial score (nSPS) is 28.8. The lowest BCUT2D eigenvalue weighted by Crippen LogP contribution is -2.60. The van der Waals surface area contributed by atoms with Crippen LogP contribution in [0.15, 0.2) is 0 Å². The summed E-state index contributed by atoms with van der Waals surface area (Å²) in [7, 11) is 0. The van der Waals surface area contributed by atoms with E-state index in [1.54, 1.807) is 0 Å². The van der Waals surface area contributed by atoms with Crippen molar-refractivity contribution in [3.8, 4) is 0 Å². The van der Waals surface area contributed by atoms with Crippen molar-refractivity contribution in [3.63, 3.8) is 0 Å². The molecule has 0 saturated carbocycles. The Bertz CT molecular complexity index is 654. The fourth-order valence-electron chi connectivity index (χ4n) is 4.48. The third kappa shape index (κ3) is 3.06. The number of hydrogen-bond donors (Lipinski definition) is 2. The van der Waals surface area contributed by atoms with Crippen LogP contribution in [0.2, 0.25) is 0 Å². The van der Waals surface area contributed by atoms with E-state index in [1.807, 2.05) is 0 Å². The van der Waals surface area contributed by atoms with Gasteiger partial charge < -0.3 is 24.7 Å². The Hall–Kier alpha value is -1.44. The van der Waals surface area contributed by atoms with Gasteiger partial charge in [-0.25, -0.2) is 4.98 Å². The molecular weight excluding hydrogens is 332 g/mol. The van der Waals surface area contributed by atoms with Gasteiger partial charge in [-0.05, 0) is 46.0 Å². The smallest absolute Gasteiger partial charge is 0.227 e. The molecule has 3 saturated heterocycles. The Morgan fingerprint density at radius 3 is 2.38 bits per heavy atom. The summed E-state index contributed by atoms with van der Waals surface area (Å²) in [6.07, 6.45) is 2.84. The van der Waals surface area contributed by atoms with Gasteiger partial charge in [0.25, 0.3) is 0 Å². The van der Waals surface area contributed by atoms with Crippen LogP contribution in [0, 0.1) is 13.8 Å². The Balaban J connectivity index is 1.54. The molecule has 0 radical (unpaired) electrons. The number of piperidine rings is 1. The average Bonchev–Trinajstić information content (AvgIpc) is 3.17. The van der Waals surface area contributed by atoms with Crippen molar-refractivity contribution in [1.82, 2.24) is 9.97 Å². The second-order valence-electron chi connectivity index (χ2n) is 7.95. The third-order valence-corrected chi connectivity index (χ3v) is 6.36. The SMILES string of the molecule is Cc1nc(N2CCCC2)nc(N2CCC3(CC2)OCC[C@H](O)[C@@H]3O)c1C. The van der Waals surface area contributed by atoms with Crippen molar-refractivity contribution in [2.24, 2.45) is 0 Å². The standard InChI is InChI=1S/C19H30N4O3/c1-13-14(2)20-18(23-8-3-4-9-23)21-17(13)22-10-6-19(7-11-22)16(25)15(24)5-12-26-19/h15-16,24-25H,3-12H2,1-2H3/t15-,16-/m0/s1. The van der Waals surface area contributed by atoms with Crippen LogP contribution < -0.4 is 9.80 Å². The Kier molecular flexibility index (Phi) is 4.79. The van der Waals surface area contributed by atoms with Crippen LogP contribution >= 0.6 is 0 Å². The molecule has 0 amide bonds. The predicted octanol–water partition coefficient (Wildman–Crippen LogP) is 1.17. The molecule has 2 atom stereocenters. The van der Waals surface area contributed by atoms with Gasteiger partial charge in [0.2, 0.25) is 5.95 Å². The van der Waals surface area contributed by atoms with Crippen LogP contribution in [0.5, 0.6) is 0 Å². The lowest BCUT2D eigenvalue weighted by molar-refractivity contribution is -0.205. The molecule has 1 aromatic rings. The van der Waals surface area contributed by atoms with Gasteiger partial charge in [-0.1, -0.05) is 0 Å². The minimum absolute atomic E-state index is 0.510. The third-order valence-electron chi connectivity index (χ3n) is 6.36. The first kappa shape index (κ1) is 17.9. The Morgan fingerprint density at radius 1 is 1.00 bits per heavy atom. The predicted molar refractivity (Wildman–Crippen MR) is 99.7 cm³/mol. The van der Waals surface area contributed by atoms with Crippen molar-refractivity contribution < 1.29 is 14.9 Å². The van der Waals surface area contributed by atoms with Gasteiger partial charge in [0.15, 0.2) is 0 Å². The van der Waals surface area contributed by atoms with Gasteiger partial charge in [0.1, 0.15) is 11.9 Å². The number of aromatic nitrogens is 2. The van der Waals surface area contributed by atoms with Crippen molar-refractivity contribution in [2.45, 2.75) is 63.8 Å². The van der Waals surface area contributed by atoms with E-state index in [0.717, 1.165) is 49.2 Å². The van der Waals surface area contributed by atoms with Crippen molar-refractivity contribution in [1.29, 1.82) is 0 Å². The molecule has 3 aliphatic heterocycles. The largest absolute Gasteiger partial charge is 0.390 e. The summed E-state index contributed by atoms with van der Waals surface area (Å²) in [5.41, 5.74) is 1.54. The van der Waals surface area contributed by atoms with E-state index in [9.17, 15) is 10.2 Å². The van der Waals surface area contributed by atoms with Crippen molar-refractivity contribution in [2.75, 3.05) is 42.6 Å². The molecule has 0 bridgehead atoms. The quantitative estimate of drug-likeness (QED) is 0.817. The molecule has 0 aromatic carbocycles. The molecule has 4 rings (SSSR count). The zero-order chi connectivity index (χ0) is 18.3. The zero-order valence-corrected chi connectivity index (χ0v) is 15.8. The maximum atomic E-state index is 10.5. The van der Waals surface area contributed by atoms with E-state index < -0.39 is 17.8 Å². The van der Waals surface area contributed by atoms with E-state index in [1.165, 1.54) is 12.8 Å². The van der Waals surface area contributed by atoms with E-state index >= 15 is 0 Å². The molecule has 1 spiro atoms. The highest BCUT2D eigenvalue weighted by Crippen LogP contribution is 2.37. The number of aryl methyl sites for hydroxylation is 1. The average molecular weight is 362 g/mol. The molecule has 1 aromatic heterocycles. The highest BCUT2D eigenvalue weighted by molar-refractivity contribution is 5.53. The van der Waals surface area contributed by atoms with Crippen LogP contribution in [0.1, 0.15) is 43.4 Å². The van der Waals surface area contributed by atoms with Gasteiger partial charge in [0.05, 0.1) is 18.3 Å². The van der Waals surface area contributed by atoms with Crippen LogP contribution in [-0.4, -0.2) is 70.8 Å². The first-order chi connectivity index (χ1) is 12.5. The first-order valence-corrected chi connectivity index (χ1v) is 9.85. The number of hydrogen-bond acceptors (Lipinski definition) is 7. The van der Waals surface area contributed by atoms with Crippen LogP contribution in [0.25, 0.3) is 0 Å². The Labute approximate surface area is 155 Å². The van der Waals surface area contributed by atoms with Gasteiger partial charge in [-0.15, -0.1) is 0 Å². The first-order valence-electron chi connectivity index (χ1n) is 9.85. The van der Waals surface area contributed by atoms with Gasteiger partial charge in [0, 0.05) is 37.4 Å². The van der Waals surface area contributed by atoms with E-state index in [0.29, 0.717) is 25.9 Å². The number of nitrogens with zero attached hydrogens (tertiary/aromatic N) is 4. The number of rotatable bonds is 2. The molecule has 7 nitrogen and oxygen atoms in total. The maximum absolute atomic E-state index is 10.5. The molecule has 4 heterocycles. The van der Waals surface area contributed by atoms with Crippen molar-refractivity contribution in [3.05, 3.63) is 11.3 Å². The Morgan fingerprint density at radius 2 is 1.69 bits per heavy atom. The highest BCUT2D eigenvalue weighted by atomic mass is 16.5. The number of aliphatic hydroxyl groups excluding tert-OH is 2. The monoisotopic (exact) mass is 362 g/mol. The summed E-state index contributed by atoms with van der Waals surface area (Å²) in [5, 5.41) is 20.5. The lowest BCUT2D eigenvalue weighted by Gasteiger charge is -2.48. The molecule has 7 heteroatoms. The molecule has 3 fully saturated rings. The van der Waals surface area contributed by atoms with E-state index in [2.05, 4.69) is 23.6 Å². The summed E-state index contributed by atoms with van der Waals surface area (Å²) in [4.78, 5) is 14.2. The summed E-state index contributed by atoms with van der Waals surface area (Å²) in [6.45, 7) is 8.24. The highest BCUT2D eigenvalue weighted by Gasteiger charge is 2.47. The summed E-state index contributed by atoms with van der Waals surface area (Å²) in [6, 6.07) is 0. The molecule has 144 valence electrons. The van der Waals surface area contributed by atoms with E-state index in [4.69, 9.17) is 14.7 Å².